The van der Waals surface area contributed by atoms with Crippen LogP contribution in [0, 0.1) is 0 Å². The van der Waals surface area contributed by atoms with E-state index in [-0.39, 0.29) is 10.8 Å². The minimum Gasteiger partial charge on any atom is -0.0561 e. The summed E-state index contributed by atoms with van der Waals surface area (Å²) in [6, 6.07) is 13.4. The van der Waals surface area contributed by atoms with Crippen LogP contribution in [0.4, 0.5) is 0 Å². The minimum atomic E-state index is 0.136. The average molecular weight is 424 g/mol. The SMILES string of the molecule is CC(C)(C)c1cc(Br)cc(-c2cc(Br)cc(C(C)(C)C)c2)c1. The Morgan fingerprint density at radius 3 is 1.14 bits per heavy atom. The standard InChI is InChI=1S/C20H24Br2/c1-19(2,3)15-7-13(9-17(21)11-15)14-8-16(20(4,5)6)12-18(22)10-14/h7-12H,1-6H3. The maximum absolute atomic E-state index is 3.67. The van der Waals surface area contributed by atoms with Crippen LogP contribution in [0.15, 0.2) is 45.3 Å². The first-order valence-electron chi connectivity index (χ1n) is 7.59. The summed E-state index contributed by atoms with van der Waals surface area (Å²) in [5.74, 6) is 0. The Morgan fingerprint density at radius 1 is 0.545 bits per heavy atom. The summed E-state index contributed by atoms with van der Waals surface area (Å²) in [5, 5.41) is 0. The van der Waals surface area contributed by atoms with Crippen molar-refractivity contribution in [2.75, 3.05) is 0 Å². The van der Waals surface area contributed by atoms with E-state index in [1.54, 1.807) is 0 Å². The molecule has 0 fully saturated rings. The molecule has 0 N–H and O–H groups in total. The third-order valence-corrected chi connectivity index (χ3v) is 4.78. The highest BCUT2D eigenvalue weighted by molar-refractivity contribution is 9.10. The Labute approximate surface area is 151 Å². The second-order valence-corrected chi connectivity index (χ2v) is 9.79. The van der Waals surface area contributed by atoms with Crippen molar-refractivity contribution in [1.29, 1.82) is 0 Å². The Kier molecular flexibility index (Phi) is 4.94. The van der Waals surface area contributed by atoms with Crippen molar-refractivity contribution in [1.82, 2.24) is 0 Å². The van der Waals surface area contributed by atoms with E-state index in [4.69, 9.17) is 0 Å². The van der Waals surface area contributed by atoms with E-state index in [1.807, 2.05) is 0 Å². The van der Waals surface area contributed by atoms with Crippen LogP contribution < -0.4 is 0 Å². The first kappa shape index (κ1) is 17.7. The smallest absolute Gasteiger partial charge is 0.0184 e. The van der Waals surface area contributed by atoms with Crippen molar-refractivity contribution in [3.05, 3.63) is 56.5 Å². The second-order valence-electron chi connectivity index (χ2n) is 7.96. The van der Waals surface area contributed by atoms with Crippen molar-refractivity contribution >= 4 is 31.9 Å². The third-order valence-electron chi connectivity index (χ3n) is 3.86. The highest BCUT2D eigenvalue weighted by Gasteiger charge is 2.18. The normalized spacial score (nSPS) is 12.5. The van der Waals surface area contributed by atoms with Crippen LogP contribution in [-0.2, 0) is 10.8 Å². The molecular formula is C20H24Br2. The Morgan fingerprint density at radius 2 is 0.864 bits per heavy atom. The molecule has 0 unspecified atom stereocenters. The zero-order valence-electron chi connectivity index (χ0n) is 14.2. The average Bonchev–Trinajstić information content (AvgIpc) is 2.35. The van der Waals surface area contributed by atoms with Crippen molar-refractivity contribution in [3.8, 4) is 11.1 Å². The maximum Gasteiger partial charge on any atom is 0.0184 e. The molecule has 0 aliphatic rings. The van der Waals surface area contributed by atoms with Crippen LogP contribution in [0.5, 0.6) is 0 Å². The number of halogens is 2. The lowest BCUT2D eigenvalue weighted by molar-refractivity contribution is 0.589. The molecule has 0 amide bonds. The monoisotopic (exact) mass is 422 g/mol. The molecule has 0 atom stereocenters. The first-order valence-corrected chi connectivity index (χ1v) is 9.18. The molecule has 2 heteroatoms. The van der Waals surface area contributed by atoms with Gasteiger partial charge in [-0.25, -0.2) is 0 Å². The predicted molar refractivity (Wildman–Crippen MR) is 105 cm³/mol. The van der Waals surface area contributed by atoms with Gasteiger partial charge in [-0.2, -0.15) is 0 Å². The third kappa shape index (κ3) is 4.23. The van der Waals surface area contributed by atoms with Crippen LogP contribution in [0.1, 0.15) is 52.7 Å². The van der Waals surface area contributed by atoms with Gasteiger partial charge in [0.2, 0.25) is 0 Å². The number of benzene rings is 2. The van der Waals surface area contributed by atoms with E-state index in [0.717, 1.165) is 8.95 Å². The van der Waals surface area contributed by atoms with E-state index in [9.17, 15) is 0 Å². The van der Waals surface area contributed by atoms with Gasteiger partial charge in [-0.15, -0.1) is 0 Å². The molecule has 0 saturated carbocycles. The summed E-state index contributed by atoms with van der Waals surface area (Å²) < 4.78 is 2.26. The Bertz CT molecular complexity index is 624. The van der Waals surface area contributed by atoms with Gasteiger partial charge in [0, 0.05) is 8.95 Å². The predicted octanol–water partition coefficient (Wildman–Crippen LogP) is 7.47. The van der Waals surface area contributed by atoms with Gasteiger partial charge in [-0.1, -0.05) is 85.5 Å². The molecular weight excluding hydrogens is 400 g/mol. The molecule has 22 heavy (non-hydrogen) atoms. The lowest BCUT2D eigenvalue weighted by atomic mass is 9.83. The second kappa shape index (κ2) is 6.13. The molecule has 2 aromatic carbocycles. The highest BCUT2D eigenvalue weighted by atomic mass is 79.9. The fraction of sp³-hybridized carbons (Fsp3) is 0.400. The van der Waals surface area contributed by atoms with Crippen LogP contribution in [0.3, 0.4) is 0 Å². The lowest BCUT2D eigenvalue weighted by Gasteiger charge is -2.22. The van der Waals surface area contributed by atoms with Gasteiger partial charge < -0.3 is 0 Å². The van der Waals surface area contributed by atoms with E-state index in [0.29, 0.717) is 0 Å². The molecule has 0 aliphatic heterocycles. The molecule has 0 bridgehead atoms. The summed E-state index contributed by atoms with van der Waals surface area (Å²) in [4.78, 5) is 0. The van der Waals surface area contributed by atoms with Gasteiger partial charge in [0.25, 0.3) is 0 Å². The van der Waals surface area contributed by atoms with Crippen LogP contribution in [0.25, 0.3) is 11.1 Å². The van der Waals surface area contributed by atoms with Gasteiger partial charge in [0.05, 0.1) is 0 Å². The largest absolute Gasteiger partial charge is 0.0561 e. The summed E-state index contributed by atoms with van der Waals surface area (Å²) in [6.07, 6.45) is 0. The van der Waals surface area contributed by atoms with Gasteiger partial charge in [-0.3, -0.25) is 0 Å². The van der Waals surface area contributed by atoms with Crippen LogP contribution >= 0.6 is 31.9 Å². The fourth-order valence-corrected chi connectivity index (χ4v) is 3.37. The van der Waals surface area contributed by atoms with Crippen molar-refractivity contribution < 1.29 is 0 Å². The lowest BCUT2D eigenvalue weighted by Crippen LogP contribution is -2.12. The topological polar surface area (TPSA) is 0 Å². The minimum absolute atomic E-state index is 0.136. The van der Waals surface area contributed by atoms with Gasteiger partial charge in [0.1, 0.15) is 0 Å². The Balaban J connectivity index is 2.62. The number of hydrogen-bond acceptors (Lipinski definition) is 0. The first-order chi connectivity index (χ1) is 9.96. The molecule has 2 rings (SSSR count). The van der Waals surface area contributed by atoms with E-state index < -0.39 is 0 Å². The van der Waals surface area contributed by atoms with E-state index >= 15 is 0 Å². The molecule has 0 aliphatic carbocycles. The fourth-order valence-electron chi connectivity index (χ4n) is 2.38. The summed E-state index contributed by atoms with van der Waals surface area (Å²) >= 11 is 7.34. The summed E-state index contributed by atoms with van der Waals surface area (Å²) in [6.45, 7) is 13.5. The summed E-state index contributed by atoms with van der Waals surface area (Å²) in [5.41, 5.74) is 5.47. The number of rotatable bonds is 1. The van der Waals surface area contributed by atoms with E-state index in [2.05, 4.69) is 110 Å². The zero-order chi connectivity index (χ0) is 16.7. The highest BCUT2D eigenvalue weighted by Crippen LogP contribution is 2.35. The van der Waals surface area contributed by atoms with Crippen molar-refractivity contribution in [2.24, 2.45) is 0 Å². The van der Waals surface area contributed by atoms with Crippen LogP contribution in [0.2, 0.25) is 0 Å². The quantitative estimate of drug-likeness (QED) is 0.446. The van der Waals surface area contributed by atoms with Crippen molar-refractivity contribution in [3.63, 3.8) is 0 Å². The molecule has 0 radical (unpaired) electrons. The van der Waals surface area contributed by atoms with E-state index in [1.165, 1.54) is 22.3 Å². The molecule has 0 aromatic heterocycles. The van der Waals surface area contributed by atoms with Crippen LogP contribution in [-0.4, -0.2) is 0 Å². The maximum atomic E-state index is 3.67. The summed E-state index contributed by atoms with van der Waals surface area (Å²) in [7, 11) is 0. The molecule has 0 spiro atoms. The zero-order valence-corrected chi connectivity index (χ0v) is 17.4. The molecule has 2 aromatic rings. The number of hydrogen-bond donors (Lipinski definition) is 0. The molecule has 0 heterocycles. The van der Waals surface area contributed by atoms with Crippen molar-refractivity contribution in [2.45, 2.75) is 52.4 Å². The molecule has 0 nitrogen and oxygen atoms in total. The van der Waals surface area contributed by atoms with Gasteiger partial charge >= 0.3 is 0 Å². The Hall–Kier alpha value is -0.600. The van der Waals surface area contributed by atoms with Gasteiger partial charge in [-0.05, 0) is 57.3 Å². The van der Waals surface area contributed by atoms with Gasteiger partial charge in [0.15, 0.2) is 0 Å². The molecule has 118 valence electrons. The molecule has 0 saturated heterocycles.